The first-order valence-corrected chi connectivity index (χ1v) is 6.24. The molecule has 1 heterocycles. The Morgan fingerprint density at radius 1 is 1.41 bits per heavy atom. The Labute approximate surface area is 103 Å². The van der Waals surface area contributed by atoms with Crippen molar-refractivity contribution in [2.45, 2.75) is 32.6 Å². The van der Waals surface area contributed by atoms with E-state index >= 15 is 0 Å². The standard InChI is InChI=1S/C12H24N4O/c1-4-7-10-11(13)12(16(2)15-10)14-8-5-6-9-17-3/h14H,4-9,13H2,1-3H3. The summed E-state index contributed by atoms with van der Waals surface area (Å²) >= 11 is 0. The number of ether oxygens (including phenoxy) is 1. The zero-order chi connectivity index (χ0) is 12.7. The lowest BCUT2D eigenvalue weighted by Crippen LogP contribution is -2.08. The van der Waals surface area contributed by atoms with Crippen molar-refractivity contribution in [3.05, 3.63) is 5.69 Å². The second-order valence-electron chi connectivity index (χ2n) is 4.21. The van der Waals surface area contributed by atoms with Crippen molar-refractivity contribution < 1.29 is 4.74 Å². The normalized spacial score (nSPS) is 10.8. The maximum atomic E-state index is 6.06. The second-order valence-corrected chi connectivity index (χ2v) is 4.21. The molecule has 1 aromatic rings. The summed E-state index contributed by atoms with van der Waals surface area (Å²) in [5.74, 6) is 0.936. The topological polar surface area (TPSA) is 65.1 Å². The predicted octanol–water partition coefficient (Wildman–Crippen LogP) is 1.79. The molecular weight excluding hydrogens is 216 g/mol. The van der Waals surface area contributed by atoms with Gasteiger partial charge in [-0.1, -0.05) is 13.3 Å². The van der Waals surface area contributed by atoms with Crippen LogP contribution in [0.25, 0.3) is 0 Å². The molecule has 0 aliphatic carbocycles. The van der Waals surface area contributed by atoms with Gasteiger partial charge >= 0.3 is 0 Å². The Morgan fingerprint density at radius 2 is 2.18 bits per heavy atom. The zero-order valence-corrected chi connectivity index (χ0v) is 11.1. The highest BCUT2D eigenvalue weighted by molar-refractivity contribution is 5.64. The molecule has 0 aliphatic rings. The van der Waals surface area contributed by atoms with Crippen LogP contribution in [0.1, 0.15) is 31.9 Å². The van der Waals surface area contributed by atoms with E-state index in [4.69, 9.17) is 10.5 Å². The first kappa shape index (κ1) is 13.8. The van der Waals surface area contributed by atoms with Crippen molar-refractivity contribution in [2.75, 3.05) is 31.3 Å². The molecule has 0 atom stereocenters. The third kappa shape index (κ3) is 3.93. The van der Waals surface area contributed by atoms with Crippen LogP contribution >= 0.6 is 0 Å². The number of aromatic nitrogens is 2. The van der Waals surface area contributed by atoms with Gasteiger partial charge in [0.1, 0.15) is 5.82 Å². The molecule has 0 bridgehead atoms. The minimum Gasteiger partial charge on any atom is -0.394 e. The average Bonchev–Trinajstić information content (AvgIpc) is 2.56. The molecule has 0 radical (unpaired) electrons. The van der Waals surface area contributed by atoms with E-state index in [0.717, 1.165) is 56.0 Å². The first-order chi connectivity index (χ1) is 8.20. The fourth-order valence-electron chi connectivity index (χ4n) is 1.81. The maximum Gasteiger partial charge on any atom is 0.147 e. The Hall–Kier alpha value is -1.23. The summed E-state index contributed by atoms with van der Waals surface area (Å²) in [6, 6.07) is 0. The van der Waals surface area contributed by atoms with Crippen molar-refractivity contribution in [3.63, 3.8) is 0 Å². The van der Waals surface area contributed by atoms with Crippen molar-refractivity contribution in [1.82, 2.24) is 9.78 Å². The lowest BCUT2D eigenvalue weighted by atomic mass is 10.2. The molecular formula is C12H24N4O. The second kappa shape index (κ2) is 7.17. The van der Waals surface area contributed by atoms with E-state index in [2.05, 4.69) is 17.3 Å². The summed E-state index contributed by atoms with van der Waals surface area (Å²) in [5.41, 5.74) is 7.85. The van der Waals surface area contributed by atoms with Crippen LogP contribution in [0.15, 0.2) is 0 Å². The van der Waals surface area contributed by atoms with Gasteiger partial charge in [-0.3, -0.25) is 4.68 Å². The van der Waals surface area contributed by atoms with Crippen LogP contribution in [-0.2, 0) is 18.2 Å². The van der Waals surface area contributed by atoms with E-state index in [-0.39, 0.29) is 0 Å². The lowest BCUT2D eigenvalue weighted by molar-refractivity contribution is 0.193. The summed E-state index contributed by atoms with van der Waals surface area (Å²) < 4.78 is 6.84. The van der Waals surface area contributed by atoms with Gasteiger partial charge in [0.05, 0.1) is 11.4 Å². The van der Waals surface area contributed by atoms with Gasteiger partial charge in [-0.25, -0.2) is 0 Å². The Bertz CT molecular complexity index is 335. The minimum atomic E-state index is 0.793. The van der Waals surface area contributed by atoms with Crippen LogP contribution in [0.2, 0.25) is 0 Å². The molecule has 5 heteroatoms. The zero-order valence-electron chi connectivity index (χ0n) is 11.1. The van der Waals surface area contributed by atoms with Crippen molar-refractivity contribution in [3.8, 4) is 0 Å². The average molecular weight is 240 g/mol. The molecule has 0 saturated heterocycles. The smallest absolute Gasteiger partial charge is 0.147 e. The number of anilines is 2. The van der Waals surface area contributed by atoms with E-state index in [0.29, 0.717) is 0 Å². The third-order valence-corrected chi connectivity index (χ3v) is 2.71. The van der Waals surface area contributed by atoms with Crippen LogP contribution in [0.4, 0.5) is 11.5 Å². The quantitative estimate of drug-likeness (QED) is 0.680. The third-order valence-electron chi connectivity index (χ3n) is 2.71. The molecule has 0 aliphatic heterocycles. The number of nitrogens with zero attached hydrogens (tertiary/aromatic N) is 2. The molecule has 17 heavy (non-hydrogen) atoms. The van der Waals surface area contributed by atoms with Crippen LogP contribution in [-0.4, -0.2) is 30.0 Å². The maximum absolute atomic E-state index is 6.06. The van der Waals surface area contributed by atoms with Gasteiger partial charge in [0, 0.05) is 27.3 Å². The predicted molar refractivity (Wildman–Crippen MR) is 71.2 cm³/mol. The molecule has 0 fully saturated rings. The number of hydrogen-bond donors (Lipinski definition) is 2. The van der Waals surface area contributed by atoms with Gasteiger partial charge in [-0.05, 0) is 19.3 Å². The molecule has 1 aromatic heterocycles. The van der Waals surface area contributed by atoms with Gasteiger partial charge < -0.3 is 15.8 Å². The van der Waals surface area contributed by atoms with E-state index in [9.17, 15) is 0 Å². The molecule has 0 aromatic carbocycles. The molecule has 5 nitrogen and oxygen atoms in total. The van der Waals surface area contributed by atoms with Crippen LogP contribution in [0.5, 0.6) is 0 Å². The Morgan fingerprint density at radius 3 is 2.82 bits per heavy atom. The van der Waals surface area contributed by atoms with Crippen molar-refractivity contribution in [2.24, 2.45) is 7.05 Å². The summed E-state index contributed by atoms with van der Waals surface area (Å²) in [4.78, 5) is 0. The molecule has 0 saturated carbocycles. The van der Waals surface area contributed by atoms with Gasteiger partial charge in [-0.15, -0.1) is 0 Å². The number of hydrogen-bond acceptors (Lipinski definition) is 4. The van der Waals surface area contributed by atoms with Crippen molar-refractivity contribution >= 4 is 11.5 Å². The summed E-state index contributed by atoms with van der Waals surface area (Å²) in [6.45, 7) is 3.84. The number of rotatable bonds is 8. The lowest BCUT2D eigenvalue weighted by Gasteiger charge is -2.07. The number of nitrogens with two attached hydrogens (primary N) is 1. The van der Waals surface area contributed by atoms with Crippen LogP contribution < -0.4 is 11.1 Å². The SMILES string of the molecule is CCCc1nn(C)c(NCCCCOC)c1N. The molecule has 1 rings (SSSR count). The van der Waals surface area contributed by atoms with Crippen molar-refractivity contribution in [1.29, 1.82) is 0 Å². The highest BCUT2D eigenvalue weighted by atomic mass is 16.5. The number of unbranched alkanes of at least 4 members (excludes halogenated alkanes) is 1. The number of nitrogens with one attached hydrogen (secondary N) is 1. The number of methoxy groups -OCH3 is 1. The van der Waals surface area contributed by atoms with Gasteiger partial charge in [0.15, 0.2) is 0 Å². The van der Waals surface area contributed by atoms with Gasteiger partial charge in [0.2, 0.25) is 0 Å². The largest absolute Gasteiger partial charge is 0.394 e. The van der Waals surface area contributed by atoms with E-state index in [1.54, 1.807) is 7.11 Å². The molecule has 3 N–H and O–H groups in total. The summed E-state index contributed by atoms with van der Waals surface area (Å²) in [5, 5.41) is 7.76. The first-order valence-electron chi connectivity index (χ1n) is 6.24. The Kier molecular flexibility index (Phi) is 5.83. The fraction of sp³-hybridized carbons (Fsp3) is 0.750. The van der Waals surface area contributed by atoms with Crippen LogP contribution in [0.3, 0.4) is 0 Å². The van der Waals surface area contributed by atoms with Gasteiger partial charge in [-0.2, -0.15) is 5.10 Å². The van der Waals surface area contributed by atoms with Crippen LogP contribution in [0, 0.1) is 0 Å². The molecule has 0 spiro atoms. The highest BCUT2D eigenvalue weighted by Crippen LogP contribution is 2.22. The number of nitrogen functional groups attached to an aromatic ring is 1. The summed E-state index contributed by atoms with van der Waals surface area (Å²) in [7, 11) is 3.65. The highest BCUT2D eigenvalue weighted by Gasteiger charge is 2.11. The van der Waals surface area contributed by atoms with E-state index in [1.807, 2.05) is 11.7 Å². The molecule has 0 unspecified atom stereocenters. The minimum absolute atomic E-state index is 0.793. The molecule has 0 amide bonds. The molecule has 98 valence electrons. The van der Waals surface area contributed by atoms with E-state index < -0.39 is 0 Å². The Balaban J connectivity index is 2.47. The number of aryl methyl sites for hydroxylation is 2. The van der Waals surface area contributed by atoms with E-state index in [1.165, 1.54) is 0 Å². The van der Waals surface area contributed by atoms with Gasteiger partial charge in [0.25, 0.3) is 0 Å². The summed E-state index contributed by atoms with van der Waals surface area (Å²) in [6.07, 6.45) is 4.13. The fourth-order valence-corrected chi connectivity index (χ4v) is 1.81. The monoisotopic (exact) mass is 240 g/mol.